The van der Waals surface area contributed by atoms with Crippen LogP contribution in [0, 0.1) is 0 Å². The molecule has 20 heavy (non-hydrogen) atoms. The number of nitrogens with zero attached hydrogens (tertiary/aromatic N) is 2. The van der Waals surface area contributed by atoms with Crippen LogP contribution in [0.2, 0.25) is 0 Å². The van der Waals surface area contributed by atoms with Gasteiger partial charge in [0.2, 0.25) is 5.88 Å². The number of nitrogens with one attached hydrogen (secondary N) is 1. The maximum atomic E-state index is 11.5. The van der Waals surface area contributed by atoms with Gasteiger partial charge >= 0.3 is 6.09 Å². The number of amides is 1. The van der Waals surface area contributed by atoms with E-state index in [0.29, 0.717) is 12.4 Å². The molecule has 0 radical (unpaired) electrons. The van der Waals surface area contributed by atoms with E-state index >= 15 is 0 Å². The highest BCUT2D eigenvalue weighted by molar-refractivity contribution is 5.69. The van der Waals surface area contributed by atoms with Gasteiger partial charge in [-0.15, -0.1) is 0 Å². The number of aromatic nitrogens is 1. The SMILES string of the molecule is CCc1ccc(OC(=O)NCCCCCN(C)C)nc1. The van der Waals surface area contributed by atoms with Crippen molar-refractivity contribution in [1.82, 2.24) is 15.2 Å². The summed E-state index contributed by atoms with van der Waals surface area (Å²) in [6.07, 6.45) is 5.42. The Balaban J connectivity index is 2.13. The van der Waals surface area contributed by atoms with Crippen LogP contribution in [0.1, 0.15) is 31.7 Å². The fraction of sp³-hybridized carbons (Fsp3) is 0.600. The average Bonchev–Trinajstić information content (AvgIpc) is 2.43. The summed E-state index contributed by atoms with van der Waals surface area (Å²) in [7, 11) is 4.12. The lowest BCUT2D eigenvalue weighted by atomic mass is 10.2. The van der Waals surface area contributed by atoms with Crippen molar-refractivity contribution in [2.45, 2.75) is 32.6 Å². The number of unbranched alkanes of at least 4 members (excludes halogenated alkanes) is 2. The molecule has 0 aliphatic rings. The third-order valence-corrected chi connectivity index (χ3v) is 2.95. The number of pyridine rings is 1. The minimum absolute atomic E-state index is 0.340. The van der Waals surface area contributed by atoms with Crippen molar-refractivity contribution in [3.05, 3.63) is 23.9 Å². The van der Waals surface area contributed by atoms with E-state index in [0.717, 1.165) is 37.8 Å². The Morgan fingerprint density at radius 3 is 2.70 bits per heavy atom. The summed E-state index contributed by atoms with van der Waals surface area (Å²) >= 11 is 0. The van der Waals surface area contributed by atoms with Gasteiger partial charge < -0.3 is 15.0 Å². The van der Waals surface area contributed by atoms with Crippen LogP contribution in [0.15, 0.2) is 18.3 Å². The zero-order valence-corrected chi connectivity index (χ0v) is 12.7. The van der Waals surface area contributed by atoms with Crippen LogP contribution >= 0.6 is 0 Å². The smallest absolute Gasteiger partial charge is 0.391 e. The number of rotatable bonds is 8. The minimum atomic E-state index is -0.436. The third-order valence-electron chi connectivity index (χ3n) is 2.95. The highest BCUT2D eigenvalue weighted by Gasteiger charge is 2.04. The lowest BCUT2D eigenvalue weighted by Crippen LogP contribution is -2.28. The molecule has 0 aliphatic carbocycles. The van der Waals surface area contributed by atoms with Gasteiger partial charge in [-0.2, -0.15) is 0 Å². The molecule has 0 atom stereocenters. The second-order valence-corrected chi connectivity index (χ2v) is 5.04. The molecule has 1 aromatic heterocycles. The molecule has 1 aromatic rings. The molecule has 0 unspecified atom stereocenters. The van der Waals surface area contributed by atoms with Gasteiger partial charge in [-0.25, -0.2) is 9.78 Å². The van der Waals surface area contributed by atoms with Gasteiger partial charge in [0.15, 0.2) is 0 Å². The second kappa shape index (κ2) is 9.31. The van der Waals surface area contributed by atoms with Gasteiger partial charge in [0.1, 0.15) is 0 Å². The number of carbonyl (C=O) groups is 1. The molecule has 0 spiro atoms. The monoisotopic (exact) mass is 279 g/mol. The second-order valence-electron chi connectivity index (χ2n) is 5.04. The summed E-state index contributed by atoms with van der Waals surface area (Å²) in [5.41, 5.74) is 1.12. The minimum Gasteiger partial charge on any atom is -0.391 e. The predicted octanol–water partition coefficient (Wildman–Crippen LogP) is 2.46. The van der Waals surface area contributed by atoms with Crippen LogP contribution in [-0.4, -0.2) is 43.2 Å². The van der Waals surface area contributed by atoms with Crippen molar-refractivity contribution in [3.8, 4) is 5.88 Å². The molecule has 5 heteroatoms. The van der Waals surface area contributed by atoms with Crippen molar-refractivity contribution in [2.75, 3.05) is 27.2 Å². The van der Waals surface area contributed by atoms with E-state index in [9.17, 15) is 4.79 Å². The van der Waals surface area contributed by atoms with Crippen molar-refractivity contribution in [3.63, 3.8) is 0 Å². The topological polar surface area (TPSA) is 54.5 Å². The Kier molecular flexibility index (Phi) is 7.65. The van der Waals surface area contributed by atoms with Gasteiger partial charge in [0.25, 0.3) is 0 Å². The average molecular weight is 279 g/mol. The van der Waals surface area contributed by atoms with E-state index in [1.807, 2.05) is 6.07 Å². The maximum absolute atomic E-state index is 11.5. The molecule has 1 heterocycles. The lowest BCUT2D eigenvalue weighted by molar-refractivity contribution is 0.198. The zero-order valence-electron chi connectivity index (χ0n) is 12.7. The molecular formula is C15H25N3O2. The summed E-state index contributed by atoms with van der Waals surface area (Å²) in [4.78, 5) is 17.8. The maximum Gasteiger partial charge on any atom is 0.413 e. The first-order valence-electron chi connectivity index (χ1n) is 7.17. The van der Waals surface area contributed by atoms with E-state index in [1.54, 1.807) is 12.3 Å². The molecule has 1 N–H and O–H groups in total. The molecule has 5 nitrogen and oxygen atoms in total. The van der Waals surface area contributed by atoms with E-state index in [4.69, 9.17) is 4.74 Å². The number of aryl methyl sites for hydroxylation is 1. The molecule has 1 amide bonds. The fourth-order valence-electron chi connectivity index (χ4n) is 1.73. The van der Waals surface area contributed by atoms with Crippen LogP contribution in [0.4, 0.5) is 4.79 Å². The van der Waals surface area contributed by atoms with Gasteiger partial charge in [-0.05, 0) is 45.5 Å². The Morgan fingerprint density at radius 1 is 1.30 bits per heavy atom. The summed E-state index contributed by atoms with van der Waals surface area (Å²) in [5.74, 6) is 0.340. The van der Waals surface area contributed by atoms with E-state index in [2.05, 4.69) is 36.2 Å². The summed E-state index contributed by atoms with van der Waals surface area (Å²) in [6.45, 7) is 3.78. The number of hydrogen-bond acceptors (Lipinski definition) is 4. The molecular weight excluding hydrogens is 254 g/mol. The van der Waals surface area contributed by atoms with Gasteiger partial charge in [0, 0.05) is 18.8 Å². The summed E-state index contributed by atoms with van der Waals surface area (Å²) in [6, 6.07) is 3.63. The highest BCUT2D eigenvalue weighted by Crippen LogP contribution is 2.08. The van der Waals surface area contributed by atoms with Crippen molar-refractivity contribution in [2.24, 2.45) is 0 Å². The number of ether oxygens (including phenoxy) is 1. The normalized spacial score (nSPS) is 10.6. The van der Waals surface area contributed by atoms with Crippen LogP contribution in [-0.2, 0) is 6.42 Å². The Labute approximate surface area is 121 Å². The fourth-order valence-corrected chi connectivity index (χ4v) is 1.73. The summed E-state index contributed by atoms with van der Waals surface area (Å²) in [5, 5.41) is 2.73. The van der Waals surface area contributed by atoms with E-state index in [1.165, 1.54) is 0 Å². The summed E-state index contributed by atoms with van der Waals surface area (Å²) < 4.78 is 5.09. The van der Waals surface area contributed by atoms with Crippen LogP contribution in [0.25, 0.3) is 0 Å². The molecule has 0 aromatic carbocycles. The molecule has 1 rings (SSSR count). The van der Waals surface area contributed by atoms with Gasteiger partial charge in [0.05, 0.1) is 0 Å². The molecule has 0 aliphatic heterocycles. The van der Waals surface area contributed by atoms with E-state index in [-0.39, 0.29) is 0 Å². The van der Waals surface area contributed by atoms with E-state index < -0.39 is 6.09 Å². The standard InChI is InChI=1S/C15H25N3O2/c1-4-13-8-9-14(17-12-13)20-15(19)16-10-6-5-7-11-18(2)3/h8-9,12H,4-7,10-11H2,1-3H3,(H,16,19). The Hall–Kier alpha value is -1.62. The third kappa shape index (κ3) is 7.09. The number of carbonyl (C=O) groups excluding carboxylic acids is 1. The largest absolute Gasteiger partial charge is 0.413 e. The van der Waals surface area contributed by atoms with Crippen molar-refractivity contribution in [1.29, 1.82) is 0 Å². The predicted molar refractivity (Wildman–Crippen MR) is 80.0 cm³/mol. The van der Waals surface area contributed by atoms with Crippen LogP contribution in [0.3, 0.4) is 0 Å². The molecule has 0 bridgehead atoms. The quantitative estimate of drug-likeness (QED) is 0.743. The molecule has 0 fully saturated rings. The highest BCUT2D eigenvalue weighted by atomic mass is 16.6. The van der Waals surface area contributed by atoms with Crippen molar-refractivity contribution >= 4 is 6.09 Å². The molecule has 0 saturated carbocycles. The van der Waals surface area contributed by atoms with Crippen LogP contribution < -0.4 is 10.1 Å². The first-order valence-corrected chi connectivity index (χ1v) is 7.17. The first-order chi connectivity index (χ1) is 9.61. The lowest BCUT2D eigenvalue weighted by Gasteiger charge is -2.09. The van der Waals surface area contributed by atoms with Gasteiger partial charge in [-0.3, -0.25) is 0 Å². The molecule has 112 valence electrons. The Bertz CT molecular complexity index is 391. The van der Waals surface area contributed by atoms with Gasteiger partial charge in [-0.1, -0.05) is 19.4 Å². The molecule has 0 saturated heterocycles. The Morgan fingerprint density at radius 2 is 2.10 bits per heavy atom. The first kappa shape index (κ1) is 16.4. The van der Waals surface area contributed by atoms with Crippen LogP contribution in [0.5, 0.6) is 5.88 Å². The van der Waals surface area contributed by atoms with Crippen molar-refractivity contribution < 1.29 is 9.53 Å². The zero-order chi connectivity index (χ0) is 14.8. The number of hydrogen-bond donors (Lipinski definition) is 1.